The van der Waals surface area contributed by atoms with Crippen LogP contribution in [0.4, 0.5) is 5.69 Å². The number of aromatic nitrogens is 3. The van der Waals surface area contributed by atoms with Crippen molar-refractivity contribution in [2.75, 3.05) is 11.6 Å². The van der Waals surface area contributed by atoms with E-state index in [0.717, 1.165) is 16.3 Å². The molecule has 1 aromatic heterocycles. The molecular formula is C16H14N4OS. The fourth-order valence-electron chi connectivity index (χ4n) is 1.95. The van der Waals surface area contributed by atoms with Gasteiger partial charge in [0.2, 0.25) is 0 Å². The number of nitrogens with one attached hydrogen (secondary N) is 1. The van der Waals surface area contributed by atoms with Gasteiger partial charge in [0.15, 0.2) is 5.69 Å². The van der Waals surface area contributed by atoms with E-state index in [1.165, 1.54) is 11.0 Å². The highest BCUT2D eigenvalue weighted by Crippen LogP contribution is 2.19. The molecule has 1 N–H and O–H groups in total. The Morgan fingerprint density at radius 1 is 1.14 bits per heavy atom. The Balaban J connectivity index is 1.77. The third-order valence-corrected chi connectivity index (χ3v) is 3.76. The molecule has 22 heavy (non-hydrogen) atoms. The first-order valence-corrected chi connectivity index (χ1v) is 7.92. The molecule has 1 amide bonds. The third-order valence-electron chi connectivity index (χ3n) is 3.04. The molecule has 0 aliphatic carbocycles. The Labute approximate surface area is 132 Å². The normalized spacial score (nSPS) is 10.4. The summed E-state index contributed by atoms with van der Waals surface area (Å²) in [6.45, 7) is 0. The maximum absolute atomic E-state index is 12.2. The zero-order valence-corrected chi connectivity index (χ0v) is 12.7. The minimum absolute atomic E-state index is 0.276. The summed E-state index contributed by atoms with van der Waals surface area (Å²) in [5.41, 5.74) is 1.83. The van der Waals surface area contributed by atoms with Crippen molar-refractivity contribution >= 4 is 23.4 Å². The second-order valence-electron chi connectivity index (χ2n) is 4.54. The fraction of sp³-hybridized carbons (Fsp3) is 0.0625. The Hall–Kier alpha value is -2.60. The second-order valence-corrected chi connectivity index (χ2v) is 5.42. The first kappa shape index (κ1) is 14.3. The van der Waals surface area contributed by atoms with Crippen LogP contribution in [0.2, 0.25) is 0 Å². The average molecular weight is 310 g/mol. The molecule has 6 heteroatoms. The summed E-state index contributed by atoms with van der Waals surface area (Å²) in [4.78, 5) is 14.8. The Kier molecular flexibility index (Phi) is 4.20. The van der Waals surface area contributed by atoms with Crippen LogP contribution in [-0.2, 0) is 0 Å². The van der Waals surface area contributed by atoms with Crippen molar-refractivity contribution in [1.29, 1.82) is 0 Å². The number of amides is 1. The van der Waals surface area contributed by atoms with Gasteiger partial charge in [-0.1, -0.05) is 24.3 Å². The molecule has 2 aromatic carbocycles. The molecular weight excluding hydrogens is 296 g/mol. The highest BCUT2D eigenvalue weighted by Gasteiger charge is 2.11. The van der Waals surface area contributed by atoms with Crippen LogP contribution in [0.15, 0.2) is 65.7 Å². The van der Waals surface area contributed by atoms with Crippen molar-refractivity contribution in [3.8, 4) is 5.69 Å². The highest BCUT2D eigenvalue weighted by molar-refractivity contribution is 7.98. The van der Waals surface area contributed by atoms with E-state index in [1.54, 1.807) is 11.8 Å². The van der Waals surface area contributed by atoms with Crippen molar-refractivity contribution in [2.45, 2.75) is 4.90 Å². The zero-order valence-electron chi connectivity index (χ0n) is 11.9. The van der Waals surface area contributed by atoms with Crippen LogP contribution in [0.1, 0.15) is 10.5 Å². The van der Waals surface area contributed by atoms with Gasteiger partial charge in [0, 0.05) is 10.6 Å². The van der Waals surface area contributed by atoms with Gasteiger partial charge in [-0.05, 0) is 36.6 Å². The lowest BCUT2D eigenvalue weighted by atomic mass is 10.3. The summed E-state index contributed by atoms with van der Waals surface area (Å²) in [5, 5.41) is 11.2. The minimum atomic E-state index is -0.277. The smallest absolute Gasteiger partial charge is 0.277 e. The molecule has 0 bridgehead atoms. The summed E-state index contributed by atoms with van der Waals surface area (Å²) in [5.74, 6) is -0.277. The van der Waals surface area contributed by atoms with Gasteiger partial charge < -0.3 is 5.32 Å². The van der Waals surface area contributed by atoms with Crippen molar-refractivity contribution in [2.24, 2.45) is 0 Å². The van der Waals surface area contributed by atoms with E-state index in [-0.39, 0.29) is 11.6 Å². The number of carbonyl (C=O) groups excluding carboxylic acids is 1. The largest absolute Gasteiger partial charge is 0.321 e. The lowest BCUT2D eigenvalue weighted by Gasteiger charge is -2.04. The van der Waals surface area contributed by atoms with Crippen LogP contribution in [-0.4, -0.2) is 27.2 Å². The third kappa shape index (κ3) is 3.17. The number of nitrogens with zero attached hydrogens (tertiary/aromatic N) is 3. The lowest BCUT2D eigenvalue weighted by molar-refractivity contribution is 0.102. The molecule has 110 valence electrons. The zero-order chi connectivity index (χ0) is 15.4. The van der Waals surface area contributed by atoms with E-state index in [2.05, 4.69) is 15.5 Å². The summed E-state index contributed by atoms with van der Waals surface area (Å²) >= 11 is 1.62. The molecule has 0 radical (unpaired) electrons. The molecule has 5 nitrogen and oxygen atoms in total. The Morgan fingerprint density at radius 3 is 2.73 bits per heavy atom. The van der Waals surface area contributed by atoms with E-state index in [0.29, 0.717) is 0 Å². The predicted molar refractivity (Wildman–Crippen MR) is 87.5 cm³/mol. The van der Waals surface area contributed by atoms with Crippen LogP contribution in [0, 0.1) is 0 Å². The van der Waals surface area contributed by atoms with Gasteiger partial charge in [-0.15, -0.1) is 16.9 Å². The minimum Gasteiger partial charge on any atom is -0.321 e. The lowest BCUT2D eigenvalue weighted by Crippen LogP contribution is -2.13. The van der Waals surface area contributed by atoms with Crippen LogP contribution in [0.5, 0.6) is 0 Å². The van der Waals surface area contributed by atoms with E-state index >= 15 is 0 Å². The highest BCUT2D eigenvalue weighted by atomic mass is 32.2. The van der Waals surface area contributed by atoms with Crippen LogP contribution in [0.25, 0.3) is 5.69 Å². The van der Waals surface area contributed by atoms with Crippen molar-refractivity contribution in [3.05, 3.63) is 66.5 Å². The van der Waals surface area contributed by atoms with Crippen LogP contribution < -0.4 is 5.32 Å². The standard InChI is InChI=1S/C16H14N4OS/c1-22-14-9-5-6-12(10-14)18-16(21)15-11-17-20(19-15)13-7-3-2-4-8-13/h2-11H,1H3,(H,18,21). The molecule has 0 aliphatic rings. The topological polar surface area (TPSA) is 59.8 Å². The molecule has 3 aromatic rings. The number of hydrogen-bond donors (Lipinski definition) is 1. The molecule has 3 rings (SSSR count). The number of para-hydroxylation sites is 1. The van der Waals surface area contributed by atoms with Gasteiger partial charge in [-0.25, -0.2) is 0 Å². The number of carbonyl (C=O) groups is 1. The molecule has 0 aliphatic heterocycles. The number of anilines is 1. The van der Waals surface area contributed by atoms with Crippen molar-refractivity contribution in [3.63, 3.8) is 0 Å². The Bertz CT molecular complexity index is 786. The van der Waals surface area contributed by atoms with Gasteiger partial charge in [-0.2, -0.15) is 9.90 Å². The van der Waals surface area contributed by atoms with Gasteiger partial charge in [0.1, 0.15) is 0 Å². The van der Waals surface area contributed by atoms with Gasteiger partial charge in [0.05, 0.1) is 11.9 Å². The number of hydrogen-bond acceptors (Lipinski definition) is 4. The van der Waals surface area contributed by atoms with Gasteiger partial charge >= 0.3 is 0 Å². The number of thioether (sulfide) groups is 1. The summed E-state index contributed by atoms with van der Waals surface area (Å²) in [7, 11) is 0. The van der Waals surface area contributed by atoms with Crippen LogP contribution >= 0.6 is 11.8 Å². The maximum Gasteiger partial charge on any atom is 0.277 e. The van der Waals surface area contributed by atoms with Crippen molar-refractivity contribution in [1.82, 2.24) is 15.0 Å². The molecule has 0 fully saturated rings. The van der Waals surface area contributed by atoms with E-state index in [1.807, 2.05) is 60.9 Å². The first-order valence-electron chi connectivity index (χ1n) is 6.69. The van der Waals surface area contributed by atoms with E-state index in [4.69, 9.17) is 0 Å². The average Bonchev–Trinajstić information content (AvgIpc) is 3.06. The fourth-order valence-corrected chi connectivity index (χ4v) is 2.41. The second kappa shape index (κ2) is 6.44. The van der Waals surface area contributed by atoms with E-state index in [9.17, 15) is 4.79 Å². The van der Waals surface area contributed by atoms with Crippen LogP contribution in [0.3, 0.4) is 0 Å². The summed E-state index contributed by atoms with van der Waals surface area (Å²) in [6, 6.07) is 17.1. The molecule has 0 unspecified atom stereocenters. The quantitative estimate of drug-likeness (QED) is 0.752. The summed E-state index contributed by atoms with van der Waals surface area (Å²) < 4.78 is 0. The molecule has 0 saturated heterocycles. The molecule has 0 atom stereocenters. The Morgan fingerprint density at radius 2 is 1.95 bits per heavy atom. The predicted octanol–water partition coefficient (Wildman–Crippen LogP) is 3.24. The number of rotatable bonds is 4. The molecule has 0 spiro atoms. The van der Waals surface area contributed by atoms with Gasteiger partial charge in [0.25, 0.3) is 5.91 Å². The van der Waals surface area contributed by atoms with E-state index < -0.39 is 0 Å². The molecule has 0 saturated carbocycles. The first-order chi connectivity index (χ1) is 10.8. The van der Waals surface area contributed by atoms with Crippen molar-refractivity contribution < 1.29 is 4.79 Å². The monoisotopic (exact) mass is 310 g/mol. The summed E-state index contributed by atoms with van der Waals surface area (Å²) in [6.07, 6.45) is 3.45. The maximum atomic E-state index is 12.2. The van der Waals surface area contributed by atoms with Gasteiger partial charge in [-0.3, -0.25) is 4.79 Å². The molecule has 1 heterocycles. The number of benzene rings is 2. The SMILES string of the molecule is CSc1cccc(NC(=O)c2cnn(-c3ccccc3)n2)c1.